The maximum atomic E-state index is 12.3. The van der Waals surface area contributed by atoms with Gasteiger partial charge < -0.3 is 15.0 Å². The number of amides is 2. The van der Waals surface area contributed by atoms with Crippen molar-refractivity contribution in [2.45, 2.75) is 13.8 Å². The summed E-state index contributed by atoms with van der Waals surface area (Å²) in [4.78, 5) is 37.1. The number of carbonyl (C=O) groups excluding carboxylic acids is 3. The van der Waals surface area contributed by atoms with Gasteiger partial charge in [0, 0.05) is 23.3 Å². The van der Waals surface area contributed by atoms with E-state index >= 15 is 0 Å². The first-order valence-corrected chi connectivity index (χ1v) is 8.39. The average molecular weight is 375 g/mol. The maximum Gasteiger partial charge on any atom is 0.338 e. The summed E-state index contributed by atoms with van der Waals surface area (Å²) >= 11 is 5.95. The zero-order chi connectivity index (χ0) is 19.1. The third-order valence-corrected chi connectivity index (χ3v) is 3.72. The van der Waals surface area contributed by atoms with Crippen LogP contribution in [0.15, 0.2) is 48.5 Å². The zero-order valence-corrected chi connectivity index (χ0v) is 15.2. The second kappa shape index (κ2) is 9.01. The Bertz CT molecular complexity index is 805. The molecule has 0 unspecified atom stereocenters. The van der Waals surface area contributed by atoms with Crippen LogP contribution in [0.1, 0.15) is 24.2 Å². The highest BCUT2D eigenvalue weighted by molar-refractivity contribution is 6.31. The molecule has 2 aromatic carbocycles. The van der Waals surface area contributed by atoms with Crippen molar-refractivity contribution in [2.75, 3.05) is 23.4 Å². The van der Waals surface area contributed by atoms with E-state index in [4.69, 9.17) is 16.3 Å². The second-order valence-corrected chi connectivity index (χ2v) is 5.87. The van der Waals surface area contributed by atoms with Crippen LogP contribution >= 0.6 is 11.6 Å². The Morgan fingerprint density at radius 1 is 1.12 bits per heavy atom. The molecule has 2 rings (SSSR count). The van der Waals surface area contributed by atoms with E-state index in [1.807, 2.05) is 0 Å². The summed E-state index contributed by atoms with van der Waals surface area (Å²) in [5, 5.41) is 3.17. The molecular formula is C19H19ClN2O4. The molecule has 0 fully saturated rings. The van der Waals surface area contributed by atoms with Crippen LogP contribution in [0.5, 0.6) is 0 Å². The number of esters is 1. The molecule has 0 atom stereocenters. The minimum Gasteiger partial charge on any atom is -0.462 e. The van der Waals surface area contributed by atoms with E-state index in [-0.39, 0.29) is 18.4 Å². The molecule has 2 aromatic rings. The number of nitrogens with zero attached hydrogens (tertiary/aromatic N) is 1. The van der Waals surface area contributed by atoms with Crippen molar-refractivity contribution >= 4 is 40.8 Å². The highest BCUT2D eigenvalue weighted by atomic mass is 35.5. The van der Waals surface area contributed by atoms with Gasteiger partial charge in [0.05, 0.1) is 12.2 Å². The van der Waals surface area contributed by atoms with Crippen molar-refractivity contribution in [3.8, 4) is 0 Å². The summed E-state index contributed by atoms with van der Waals surface area (Å²) in [5.41, 5.74) is 1.45. The predicted octanol–water partition coefficient (Wildman–Crippen LogP) is 3.51. The van der Waals surface area contributed by atoms with Crippen LogP contribution in [0.2, 0.25) is 5.02 Å². The molecule has 0 heterocycles. The van der Waals surface area contributed by atoms with Crippen LogP contribution in [0.25, 0.3) is 0 Å². The highest BCUT2D eigenvalue weighted by Gasteiger charge is 2.16. The normalized spacial score (nSPS) is 10.1. The van der Waals surface area contributed by atoms with Gasteiger partial charge in [-0.15, -0.1) is 0 Å². The largest absolute Gasteiger partial charge is 0.462 e. The van der Waals surface area contributed by atoms with Gasteiger partial charge in [0.2, 0.25) is 11.8 Å². The third kappa shape index (κ3) is 5.32. The summed E-state index contributed by atoms with van der Waals surface area (Å²) in [7, 11) is 0. The van der Waals surface area contributed by atoms with Crippen molar-refractivity contribution in [2.24, 2.45) is 0 Å². The van der Waals surface area contributed by atoms with Crippen molar-refractivity contribution in [3.05, 3.63) is 59.1 Å². The summed E-state index contributed by atoms with van der Waals surface area (Å²) in [6.45, 7) is 3.24. The van der Waals surface area contributed by atoms with Gasteiger partial charge in [0.25, 0.3) is 0 Å². The van der Waals surface area contributed by atoms with Gasteiger partial charge in [-0.1, -0.05) is 17.7 Å². The Hall–Kier alpha value is -2.86. The lowest BCUT2D eigenvalue weighted by molar-refractivity contribution is -0.120. The van der Waals surface area contributed by atoms with Gasteiger partial charge in [0.15, 0.2) is 0 Å². The third-order valence-electron chi connectivity index (χ3n) is 3.48. The lowest BCUT2D eigenvalue weighted by atomic mass is 10.2. The number of hydrogen-bond donors (Lipinski definition) is 1. The molecule has 1 N–H and O–H groups in total. The van der Waals surface area contributed by atoms with E-state index in [1.165, 1.54) is 11.8 Å². The molecular weight excluding hydrogens is 356 g/mol. The van der Waals surface area contributed by atoms with Crippen LogP contribution in [-0.2, 0) is 14.3 Å². The monoisotopic (exact) mass is 374 g/mol. The lowest BCUT2D eigenvalue weighted by Crippen LogP contribution is -2.36. The van der Waals surface area contributed by atoms with E-state index in [0.29, 0.717) is 28.6 Å². The number of ether oxygens (including phenoxy) is 1. The van der Waals surface area contributed by atoms with Gasteiger partial charge >= 0.3 is 5.97 Å². The quantitative estimate of drug-likeness (QED) is 0.785. The van der Waals surface area contributed by atoms with Gasteiger partial charge in [-0.05, 0) is 49.4 Å². The Morgan fingerprint density at radius 3 is 2.38 bits per heavy atom. The molecule has 0 saturated carbocycles. The number of carbonyl (C=O) groups is 3. The summed E-state index contributed by atoms with van der Waals surface area (Å²) in [5.74, 6) is -1.07. The minimum absolute atomic E-state index is 0.157. The molecule has 0 spiro atoms. The molecule has 0 radical (unpaired) electrons. The number of halogens is 1. The van der Waals surface area contributed by atoms with Crippen molar-refractivity contribution in [1.82, 2.24) is 0 Å². The van der Waals surface area contributed by atoms with Crippen molar-refractivity contribution < 1.29 is 19.1 Å². The lowest BCUT2D eigenvalue weighted by Gasteiger charge is -2.21. The van der Waals surface area contributed by atoms with Crippen LogP contribution in [0, 0.1) is 0 Å². The van der Waals surface area contributed by atoms with Crippen LogP contribution < -0.4 is 10.2 Å². The van der Waals surface area contributed by atoms with E-state index < -0.39 is 5.97 Å². The van der Waals surface area contributed by atoms with Crippen molar-refractivity contribution in [3.63, 3.8) is 0 Å². The summed E-state index contributed by atoms with van der Waals surface area (Å²) < 4.78 is 4.91. The van der Waals surface area contributed by atoms with Gasteiger partial charge in [-0.3, -0.25) is 9.59 Å². The van der Waals surface area contributed by atoms with E-state index in [9.17, 15) is 14.4 Å². The first kappa shape index (κ1) is 19.5. The maximum absolute atomic E-state index is 12.3. The molecule has 0 aliphatic heterocycles. The Morgan fingerprint density at radius 2 is 1.81 bits per heavy atom. The molecule has 136 valence electrons. The molecule has 2 amide bonds. The van der Waals surface area contributed by atoms with E-state index in [1.54, 1.807) is 55.5 Å². The number of anilines is 2. The van der Waals surface area contributed by atoms with Crippen molar-refractivity contribution in [1.29, 1.82) is 0 Å². The minimum atomic E-state index is -0.422. The first-order valence-electron chi connectivity index (χ1n) is 8.01. The molecule has 0 bridgehead atoms. The molecule has 0 aromatic heterocycles. The zero-order valence-electron chi connectivity index (χ0n) is 14.5. The average Bonchev–Trinajstić information content (AvgIpc) is 2.60. The molecule has 0 aliphatic rings. The predicted molar refractivity (Wildman–Crippen MR) is 101 cm³/mol. The fourth-order valence-electron chi connectivity index (χ4n) is 2.28. The van der Waals surface area contributed by atoms with Crippen LogP contribution in [0.4, 0.5) is 11.4 Å². The number of benzene rings is 2. The Balaban J connectivity index is 2.04. The topological polar surface area (TPSA) is 75.7 Å². The standard InChI is InChI=1S/C19H19ClN2O4/c1-3-26-19(25)14-7-9-16(10-8-14)21-18(24)12-22(13(2)23)17-6-4-5-15(20)11-17/h4-11H,3,12H2,1-2H3,(H,21,24). The van der Waals surface area contributed by atoms with E-state index in [2.05, 4.69) is 5.32 Å². The van der Waals surface area contributed by atoms with Gasteiger partial charge in [0.1, 0.15) is 6.54 Å². The Labute approximate surface area is 156 Å². The van der Waals surface area contributed by atoms with Crippen LogP contribution in [0.3, 0.4) is 0 Å². The fourth-order valence-corrected chi connectivity index (χ4v) is 2.46. The first-order chi connectivity index (χ1) is 12.4. The number of hydrogen-bond acceptors (Lipinski definition) is 4. The second-order valence-electron chi connectivity index (χ2n) is 5.43. The molecule has 6 nitrogen and oxygen atoms in total. The molecule has 0 aliphatic carbocycles. The van der Waals surface area contributed by atoms with Crippen LogP contribution in [-0.4, -0.2) is 30.9 Å². The number of nitrogens with one attached hydrogen (secondary N) is 1. The fraction of sp³-hybridized carbons (Fsp3) is 0.211. The Kier molecular flexibility index (Phi) is 6.74. The van der Waals surface area contributed by atoms with Gasteiger partial charge in [-0.2, -0.15) is 0 Å². The molecule has 7 heteroatoms. The highest BCUT2D eigenvalue weighted by Crippen LogP contribution is 2.20. The SMILES string of the molecule is CCOC(=O)c1ccc(NC(=O)CN(C(C)=O)c2cccc(Cl)c2)cc1. The van der Waals surface area contributed by atoms with E-state index in [0.717, 1.165) is 0 Å². The summed E-state index contributed by atoms with van der Waals surface area (Å²) in [6, 6.07) is 13.0. The molecule has 26 heavy (non-hydrogen) atoms. The summed E-state index contributed by atoms with van der Waals surface area (Å²) in [6.07, 6.45) is 0. The smallest absolute Gasteiger partial charge is 0.338 e. The molecule has 0 saturated heterocycles. The number of rotatable bonds is 6. The van der Waals surface area contributed by atoms with Gasteiger partial charge in [-0.25, -0.2) is 4.79 Å².